The van der Waals surface area contributed by atoms with Crippen LogP contribution in [0.5, 0.6) is 0 Å². The predicted molar refractivity (Wildman–Crippen MR) is 217 cm³/mol. The van der Waals surface area contributed by atoms with Gasteiger partial charge >= 0.3 is 0 Å². The first-order valence-electron chi connectivity index (χ1n) is 17.8. The van der Waals surface area contributed by atoms with Crippen LogP contribution in [0.1, 0.15) is 0 Å². The summed E-state index contributed by atoms with van der Waals surface area (Å²) in [5.41, 5.74) is 11.3. The zero-order valence-electron chi connectivity index (χ0n) is 28.6. The van der Waals surface area contributed by atoms with Crippen LogP contribution in [-0.4, -0.2) is 15.0 Å². The number of aromatic nitrogens is 3. The van der Waals surface area contributed by atoms with Gasteiger partial charge in [-0.2, -0.15) is 0 Å². The van der Waals surface area contributed by atoms with Crippen LogP contribution in [0.25, 0.3) is 100 Å². The van der Waals surface area contributed by atoms with E-state index in [1.165, 1.54) is 11.1 Å². The van der Waals surface area contributed by atoms with E-state index >= 15 is 0 Å². The third-order valence-electron chi connectivity index (χ3n) is 10.00. The number of furan rings is 1. The van der Waals surface area contributed by atoms with Gasteiger partial charge in [0.15, 0.2) is 17.5 Å². The minimum absolute atomic E-state index is 0.562. The molecule has 4 heteroatoms. The summed E-state index contributed by atoms with van der Waals surface area (Å²) < 4.78 is 6.46. The predicted octanol–water partition coefficient (Wildman–Crippen LogP) is 12.9. The average Bonchev–Trinajstić information content (AvgIpc) is 3.63. The minimum Gasteiger partial charge on any atom is -0.455 e. The van der Waals surface area contributed by atoms with E-state index in [0.717, 1.165) is 71.7 Å². The maximum absolute atomic E-state index is 6.46. The third-order valence-corrected chi connectivity index (χ3v) is 10.00. The van der Waals surface area contributed by atoms with Gasteiger partial charge in [0.25, 0.3) is 0 Å². The summed E-state index contributed by atoms with van der Waals surface area (Å²) in [6.07, 6.45) is 0. The SMILES string of the molecule is c1ccc(-c2ccc(-c3nc(-c4ccc(-c5ccc(-c6ccccc6)cc5)c5ccccc45)nc(-c4cccc5c4oc4ccccc45)n3)cc2)cc1. The van der Waals surface area contributed by atoms with Crippen molar-refractivity contribution in [2.45, 2.75) is 0 Å². The molecule has 0 aliphatic heterocycles. The molecule has 2 aromatic heterocycles. The molecule has 0 amide bonds. The molecule has 4 nitrogen and oxygen atoms in total. The van der Waals surface area contributed by atoms with Crippen LogP contribution in [0.2, 0.25) is 0 Å². The maximum Gasteiger partial charge on any atom is 0.167 e. The molecule has 0 saturated heterocycles. The van der Waals surface area contributed by atoms with Crippen molar-refractivity contribution >= 4 is 32.7 Å². The van der Waals surface area contributed by atoms with Gasteiger partial charge in [0.05, 0.1) is 5.56 Å². The van der Waals surface area contributed by atoms with Gasteiger partial charge in [-0.15, -0.1) is 0 Å². The number of hydrogen-bond donors (Lipinski definition) is 0. The average molecular weight is 678 g/mol. The fourth-order valence-electron chi connectivity index (χ4n) is 7.33. The van der Waals surface area contributed by atoms with E-state index in [4.69, 9.17) is 19.4 Å². The zero-order valence-corrected chi connectivity index (χ0v) is 28.6. The van der Waals surface area contributed by atoms with E-state index in [2.05, 4.69) is 146 Å². The van der Waals surface area contributed by atoms with Crippen LogP contribution in [0.15, 0.2) is 192 Å². The highest BCUT2D eigenvalue weighted by molar-refractivity contribution is 6.09. The second-order valence-corrected chi connectivity index (χ2v) is 13.2. The molecule has 10 aromatic rings. The second kappa shape index (κ2) is 12.9. The van der Waals surface area contributed by atoms with Crippen molar-refractivity contribution in [1.82, 2.24) is 15.0 Å². The Morgan fingerprint density at radius 2 is 0.717 bits per heavy atom. The van der Waals surface area contributed by atoms with Gasteiger partial charge in [0.1, 0.15) is 11.2 Å². The highest BCUT2D eigenvalue weighted by Crippen LogP contribution is 2.39. The van der Waals surface area contributed by atoms with Crippen molar-refractivity contribution in [2.75, 3.05) is 0 Å². The molecule has 248 valence electrons. The quantitative estimate of drug-likeness (QED) is 0.176. The highest BCUT2D eigenvalue weighted by Gasteiger charge is 2.19. The van der Waals surface area contributed by atoms with Gasteiger partial charge in [-0.1, -0.05) is 170 Å². The Kier molecular flexibility index (Phi) is 7.43. The fourth-order valence-corrected chi connectivity index (χ4v) is 7.33. The molecule has 0 bridgehead atoms. The second-order valence-electron chi connectivity index (χ2n) is 13.2. The Bertz CT molecular complexity index is 2910. The smallest absolute Gasteiger partial charge is 0.167 e. The fraction of sp³-hybridized carbons (Fsp3) is 0. The lowest BCUT2D eigenvalue weighted by molar-refractivity contribution is 0.669. The van der Waals surface area contributed by atoms with E-state index in [0.29, 0.717) is 17.5 Å². The molecule has 0 atom stereocenters. The zero-order chi connectivity index (χ0) is 35.1. The summed E-state index contributed by atoms with van der Waals surface area (Å²) in [6.45, 7) is 0. The first-order valence-corrected chi connectivity index (χ1v) is 17.8. The summed E-state index contributed by atoms with van der Waals surface area (Å²) in [5.74, 6) is 1.77. The van der Waals surface area contributed by atoms with Crippen LogP contribution in [-0.2, 0) is 0 Å². The molecule has 0 aliphatic rings. The molecular formula is C49H31N3O. The molecule has 2 heterocycles. The Labute approximate surface area is 306 Å². The number of nitrogens with zero attached hydrogens (tertiary/aromatic N) is 3. The number of benzene rings is 8. The lowest BCUT2D eigenvalue weighted by Gasteiger charge is -2.14. The van der Waals surface area contributed by atoms with Crippen molar-refractivity contribution in [2.24, 2.45) is 0 Å². The molecule has 0 spiro atoms. The van der Waals surface area contributed by atoms with Crippen LogP contribution in [0.3, 0.4) is 0 Å². The Morgan fingerprint density at radius 3 is 1.38 bits per heavy atom. The molecule has 0 unspecified atom stereocenters. The van der Waals surface area contributed by atoms with Crippen LogP contribution in [0, 0.1) is 0 Å². The lowest BCUT2D eigenvalue weighted by Crippen LogP contribution is -2.01. The van der Waals surface area contributed by atoms with Crippen LogP contribution >= 0.6 is 0 Å². The molecule has 10 rings (SSSR count). The van der Waals surface area contributed by atoms with Crippen molar-refractivity contribution in [3.63, 3.8) is 0 Å². The molecule has 0 saturated carbocycles. The van der Waals surface area contributed by atoms with Crippen molar-refractivity contribution in [3.05, 3.63) is 188 Å². The van der Waals surface area contributed by atoms with Crippen molar-refractivity contribution < 1.29 is 4.42 Å². The molecule has 0 aliphatic carbocycles. The van der Waals surface area contributed by atoms with E-state index in [9.17, 15) is 0 Å². The molecule has 8 aromatic carbocycles. The number of rotatable bonds is 6. The molecule has 0 fully saturated rings. The summed E-state index contributed by atoms with van der Waals surface area (Å²) >= 11 is 0. The molecule has 0 radical (unpaired) electrons. The lowest BCUT2D eigenvalue weighted by atomic mass is 9.93. The van der Waals surface area contributed by atoms with Crippen molar-refractivity contribution in [3.8, 4) is 67.5 Å². The number of fused-ring (bicyclic) bond motifs is 4. The maximum atomic E-state index is 6.46. The summed E-state index contributed by atoms with van der Waals surface area (Å²) in [4.78, 5) is 15.5. The Balaban J connectivity index is 1.14. The Morgan fingerprint density at radius 1 is 0.264 bits per heavy atom. The van der Waals surface area contributed by atoms with E-state index in [1.807, 2.05) is 42.5 Å². The molecule has 0 N–H and O–H groups in total. The topological polar surface area (TPSA) is 51.8 Å². The molecule has 53 heavy (non-hydrogen) atoms. The largest absolute Gasteiger partial charge is 0.455 e. The van der Waals surface area contributed by atoms with Gasteiger partial charge in [0.2, 0.25) is 0 Å². The normalized spacial score (nSPS) is 11.4. The van der Waals surface area contributed by atoms with Crippen molar-refractivity contribution in [1.29, 1.82) is 0 Å². The monoisotopic (exact) mass is 677 g/mol. The number of hydrogen-bond acceptors (Lipinski definition) is 4. The summed E-state index contributed by atoms with van der Waals surface area (Å²) in [7, 11) is 0. The highest BCUT2D eigenvalue weighted by atomic mass is 16.3. The van der Waals surface area contributed by atoms with Gasteiger partial charge in [-0.05, 0) is 62.4 Å². The van der Waals surface area contributed by atoms with E-state index < -0.39 is 0 Å². The number of para-hydroxylation sites is 2. The Hall–Kier alpha value is -7.17. The van der Waals surface area contributed by atoms with E-state index in [-0.39, 0.29) is 0 Å². The van der Waals surface area contributed by atoms with Gasteiger partial charge < -0.3 is 4.42 Å². The van der Waals surface area contributed by atoms with Gasteiger partial charge in [0, 0.05) is 21.9 Å². The first-order chi connectivity index (χ1) is 26.3. The third kappa shape index (κ3) is 5.54. The first kappa shape index (κ1) is 30.6. The van der Waals surface area contributed by atoms with Crippen LogP contribution < -0.4 is 0 Å². The van der Waals surface area contributed by atoms with Gasteiger partial charge in [-0.3, -0.25) is 0 Å². The summed E-state index contributed by atoms with van der Waals surface area (Å²) in [6, 6.07) is 65.2. The van der Waals surface area contributed by atoms with E-state index in [1.54, 1.807) is 0 Å². The summed E-state index contributed by atoms with van der Waals surface area (Å²) in [5, 5.41) is 4.30. The van der Waals surface area contributed by atoms with Crippen LogP contribution in [0.4, 0.5) is 0 Å². The molecular weight excluding hydrogens is 647 g/mol. The standard InChI is InChI=1S/C49H31N3O/c1-3-12-32(13-4-1)34-22-26-36(27-23-34)38-30-31-43(40-17-8-7-16-39(38)40)48-50-47(37-28-24-35(25-29-37)33-14-5-2-6-15-33)51-49(52-48)44-20-11-19-42-41-18-9-10-21-45(41)53-46(42)44/h1-31H. The minimum atomic E-state index is 0.562. The van der Waals surface area contributed by atoms with Gasteiger partial charge in [-0.25, -0.2) is 15.0 Å².